The van der Waals surface area contributed by atoms with Gasteiger partial charge in [-0.3, -0.25) is 4.79 Å². The second kappa shape index (κ2) is 4.64. The Morgan fingerprint density at radius 2 is 2.37 bits per heavy atom. The molecule has 3 rings (SSSR count). The molecule has 4 heteroatoms. The Hall–Kier alpha value is -1.34. The first kappa shape index (κ1) is 12.7. The summed E-state index contributed by atoms with van der Waals surface area (Å²) in [4.78, 5) is 13.8. The highest BCUT2D eigenvalue weighted by atomic mass is 32.1. The third kappa shape index (κ3) is 2.06. The fourth-order valence-corrected chi connectivity index (χ4v) is 4.38. The van der Waals surface area contributed by atoms with E-state index >= 15 is 0 Å². The summed E-state index contributed by atoms with van der Waals surface area (Å²) >= 11 is 1.77. The first-order valence-electron chi connectivity index (χ1n) is 6.93. The summed E-state index contributed by atoms with van der Waals surface area (Å²) in [5, 5.41) is 14.5. The van der Waals surface area contributed by atoms with Crippen LogP contribution in [0.25, 0.3) is 0 Å². The molecule has 1 unspecified atom stereocenters. The first-order chi connectivity index (χ1) is 9.14. The van der Waals surface area contributed by atoms with Crippen LogP contribution in [-0.4, -0.2) is 5.91 Å². The average Bonchev–Trinajstić information content (AvgIpc) is 2.84. The third-order valence-electron chi connectivity index (χ3n) is 4.40. The minimum Gasteiger partial charge on any atom is -0.348 e. The number of nitrogens with one attached hydrogen (secondary N) is 1. The molecule has 0 radical (unpaired) electrons. The van der Waals surface area contributed by atoms with Crippen molar-refractivity contribution in [2.75, 3.05) is 0 Å². The highest BCUT2D eigenvalue weighted by molar-refractivity contribution is 7.10. The number of thiophene rings is 1. The van der Waals surface area contributed by atoms with Crippen LogP contribution in [-0.2, 0) is 11.2 Å². The van der Waals surface area contributed by atoms with Crippen molar-refractivity contribution in [1.29, 1.82) is 5.26 Å². The van der Waals surface area contributed by atoms with Gasteiger partial charge >= 0.3 is 0 Å². The second-order valence-corrected chi connectivity index (χ2v) is 6.93. The summed E-state index contributed by atoms with van der Waals surface area (Å²) in [6.45, 7) is 2.10. The van der Waals surface area contributed by atoms with Crippen molar-refractivity contribution in [3.05, 3.63) is 21.9 Å². The molecule has 1 amide bonds. The summed E-state index contributed by atoms with van der Waals surface area (Å²) in [7, 11) is 0. The van der Waals surface area contributed by atoms with Crippen LogP contribution in [0.15, 0.2) is 11.4 Å². The molecule has 0 saturated heterocycles. The lowest BCUT2D eigenvalue weighted by atomic mass is 9.63. The van der Waals surface area contributed by atoms with E-state index in [2.05, 4.69) is 29.8 Å². The van der Waals surface area contributed by atoms with E-state index in [0.29, 0.717) is 18.8 Å². The lowest BCUT2D eigenvalue weighted by Crippen LogP contribution is -2.49. The molecule has 0 spiro atoms. The number of rotatable bonds is 2. The maximum atomic E-state index is 12.4. The number of hydrogen-bond donors (Lipinski definition) is 1. The summed E-state index contributed by atoms with van der Waals surface area (Å²) < 4.78 is 0. The summed E-state index contributed by atoms with van der Waals surface area (Å²) in [5.74, 6) is 0.436. The first-order valence-corrected chi connectivity index (χ1v) is 7.81. The molecule has 1 N–H and O–H groups in total. The molecule has 19 heavy (non-hydrogen) atoms. The van der Waals surface area contributed by atoms with Crippen LogP contribution < -0.4 is 5.32 Å². The maximum absolute atomic E-state index is 12.4. The lowest BCUT2D eigenvalue weighted by Gasteiger charge is -2.40. The molecule has 3 nitrogen and oxygen atoms in total. The van der Waals surface area contributed by atoms with Crippen LogP contribution in [0.2, 0.25) is 0 Å². The molecule has 1 aromatic rings. The molecule has 2 aliphatic carbocycles. The lowest BCUT2D eigenvalue weighted by molar-refractivity contribution is -0.134. The molecular formula is C15H18N2OS. The highest BCUT2D eigenvalue weighted by Gasteiger charge is 2.49. The fourth-order valence-electron chi connectivity index (χ4n) is 3.39. The SMILES string of the molecule is CC1CC(C#N)(C(=O)NC2CCCc3sccc32)C1. The van der Waals surface area contributed by atoms with Gasteiger partial charge in [-0.25, -0.2) is 0 Å². The second-order valence-electron chi connectivity index (χ2n) is 5.92. The van der Waals surface area contributed by atoms with E-state index in [-0.39, 0.29) is 11.9 Å². The van der Waals surface area contributed by atoms with Gasteiger partial charge in [-0.1, -0.05) is 6.92 Å². The Kier molecular flexibility index (Phi) is 3.10. The van der Waals surface area contributed by atoms with Crippen molar-refractivity contribution in [3.63, 3.8) is 0 Å². The number of fused-ring (bicyclic) bond motifs is 1. The standard InChI is InChI=1S/C15H18N2OS/c1-10-7-15(8-10,9-16)14(18)17-12-3-2-4-13-11(12)5-6-19-13/h5-6,10,12H,2-4,7-8H2,1H3,(H,17,18). The third-order valence-corrected chi connectivity index (χ3v) is 5.40. The van der Waals surface area contributed by atoms with Gasteiger partial charge in [0.15, 0.2) is 0 Å². The van der Waals surface area contributed by atoms with E-state index in [1.165, 1.54) is 10.4 Å². The van der Waals surface area contributed by atoms with Crippen LogP contribution in [0.1, 0.15) is 49.1 Å². The van der Waals surface area contributed by atoms with Gasteiger partial charge < -0.3 is 5.32 Å². The van der Waals surface area contributed by atoms with E-state index in [1.54, 1.807) is 11.3 Å². The zero-order valence-corrected chi connectivity index (χ0v) is 11.9. The van der Waals surface area contributed by atoms with Gasteiger partial charge in [0.2, 0.25) is 5.91 Å². The summed E-state index contributed by atoms with van der Waals surface area (Å²) in [6, 6.07) is 4.48. The van der Waals surface area contributed by atoms with Crippen molar-refractivity contribution in [2.24, 2.45) is 11.3 Å². The molecule has 1 heterocycles. The van der Waals surface area contributed by atoms with Crippen LogP contribution in [0.3, 0.4) is 0 Å². The number of carbonyl (C=O) groups excluding carboxylic acids is 1. The molecule has 100 valence electrons. The minimum absolute atomic E-state index is 0.0582. The number of nitriles is 1. The van der Waals surface area contributed by atoms with Gasteiger partial charge in [0, 0.05) is 4.88 Å². The van der Waals surface area contributed by atoms with E-state index < -0.39 is 5.41 Å². The molecule has 1 atom stereocenters. The molecule has 1 saturated carbocycles. The Bertz CT molecular complexity index is 537. The largest absolute Gasteiger partial charge is 0.348 e. The average molecular weight is 274 g/mol. The van der Waals surface area contributed by atoms with Crippen molar-refractivity contribution < 1.29 is 4.79 Å². The quantitative estimate of drug-likeness (QED) is 0.900. The van der Waals surface area contributed by atoms with Crippen LogP contribution >= 0.6 is 11.3 Å². The fraction of sp³-hybridized carbons (Fsp3) is 0.600. The molecular weight excluding hydrogens is 256 g/mol. The van der Waals surface area contributed by atoms with E-state index in [4.69, 9.17) is 0 Å². The normalized spacial score (nSPS) is 32.8. The zero-order valence-electron chi connectivity index (χ0n) is 11.1. The number of amides is 1. The van der Waals surface area contributed by atoms with Gasteiger partial charge in [0.25, 0.3) is 0 Å². The van der Waals surface area contributed by atoms with Crippen molar-refractivity contribution in [1.82, 2.24) is 5.32 Å². The van der Waals surface area contributed by atoms with Crippen molar-refractivity contribution in [2.45, 2.75) is 45.1 Å². The van der Waals surface area contributed by atoms with Crippen LogP contribution in [0, 0.1) is 22.7 Å². The number of nitrogens with zero attached hydrogens (tertiary/aromatic N) is 1. The van der Waals surface area contributed by atoms with Crippen molar-refractivity contribution in [3.8, 4) is 6.07 Å². The Morgan fingerprint density at radius 3 is 3.05 bits per heavy atom. The zero-order chi connectivity index (χ0) is 13.5. The van der Waals surface area contributed by atoms with E-state index in [9.17, 15) is 10.1 Å². The van der Waals surface area contributed by atoms with Gasteiger partial charge in [-0.2, -0.15) is 5.26 Å². The molecule has 2 aliphatic rings. The highest BCUT2D eigenvalue weighted by Crippen LogP contribution is 2.46. The Morgan fingerprint density at radius 1 is 1.58 bits per heavy atom. The van der Waals surface area contributed by atoms with Crippen LogP contribution in [0.5, 0.6) is 0 Å². The van der Waals surface area contributed by atoms with Gasteiger partial charge in [-0.05, 0) is 55.0 Å². The summed E-state index contributed by atoms with van der Waals surface area (Å²) in [6.07, 6.45) is 4.65. The Labute approximate surface area is 117 Å². The summed E-state index contributed by atoms with van der Waals surface area (Å²) in [5.41, 5.74) is 0.512. The smallest absolute Gasteiger partial charge is 0.240 e. The number of carbonyl (C=O) groups is 1. The van der Waals surface area contributed by atoms with Gasteiger partial charge in [0.05, 0.1) is 12.1 Å². The minimum atomic E-state index is -0.757. The molecule has 1 aromatic heterocycles. The molecule has 0 aliphatic heterocycles. The number of aryl methyl sites for hydroxylation is 1. The maximum Gasteiger partial charge on any atom is 0.240 e. The molecule has 1 fully saturated rings. The topological polar surface area (TPSA) is 52.9 Å². The number of hydrogen-bond acceptors (Lipinski definition) is 3. The predicted octanol–water partition coefficient (Wildman–Crippen LogP) is 3.18. The predicted molar refractivity (Wildman–Crippen MR) is 74.6 cm³/mol. The molecule has 0 aromatic carbocycles. The molecule has 0 bridgehead atoms. The van der Waals surface area contributed by atoms with E-state index in [0.717, 1.165) is 19.3 Å². The van der Waals surface area contributed by atoms with Crippen molar-refractivity contribution >= 4 is 17.2 Å². The monoisotopic (exact) mass is 274 g/mol. The van der Waals surface area contributed by atoms with Crippen LogP contribution in [0.4, 0.5) is 0 Å². The van der Waals surface area contributed by atoms with Gasteiger partial charge in [0.1, 0.15) is 5.41 Å². The van der Waals surface area contributed by atoms with Gasteiger partial charge in [-0.15, -0.1) is 11.3 Å². The van der Waals surface area contributed by atoms with E-state index in [1.807, 2.05) is 0 Å². The Balaban J connectivity index is 1.74.